The molecule has 6 aromatic carbocycles. The molecule has 0 saturated carbocycles. The van der Waals surface area contributed by atoms with E-state index in [2.05, 4.69) is 167 Å². The van der Waals surface area contributed by atoms with Crippen LogP contribution in [0.5, 0.6) is 11.5 Å². The highest BCUT2D eigenvalue weighted by Crippen LogP contribution is 2.61. The molecule has 0 atom stereocenters. The molecule has 4 aromatic heterocycles. The summed E-state index contributed by atoms with van der Waals surface area (Å²) < 4.78 is 11.7. The van der Waals surface area contributed by atoms with Crippen LogP contribution in [0.1, 0.15) is 22.3 Å². The molecule has 0 fully saturated rings. The summed E-state index contributed by atoms with van der Waals surface area (Å²) in [5.74, 6) is 1.65. The third-order valence-corrected chi connectivity index (χ3v) is 11.3. The standard InChI is InChI=1S/C47H28N4O/c1-5-17-39-31(11-1)32-12-2-6-18-40(32)50(39)29-21-23-43-37(27-29)47(35-15-9-25-48-45(35)46-36(47)16-10-26-49-46)38-28-30(22-24-44(38)52-43)51-41-19-7-3-13-33(41)34-14-4-8-20-42(34)51/h1-28H. The van der Waals surface area contributed by atoms with Gasteiger partial charge >= 0.3 is 0 Å². The third kappa shape index (κ3) is 3.42. The molecule has 1 aliphatic carbocycles. The normalized spacial score (nSPS) is 13.7. The second kappa shape index (κ2) is 10.1. The van der Waals surface area contributed by atoms with Crippen molar-refractivity contribution in [2.75, 3.05) is 0 Å². The fourth-order valence-electron chi connectivity index (χ4n) is 9.26. The van der Waals surface area contributed by atoms with Crippen molar-refractivity contribution in [2.24, 2.45) is 0 Å². The van der Waals surface area contributed by atoms with Crippen LogP contribution < -0.4 is 4.74 Å². The second-order valence-corrected chi connectivity index (χ2v) is 13.8. The molecule has 52 heavy (non-hydrogen) atoms. The first-order valence-electron chi connectivity index (χ1n) is 17.7. The molecule has 0 saturated heterocycles. The van der Waals surface area contributed by atoms with Crippen molar-refractivity contribution in [1.82, 2.24) is 19.1 Å². The average Bonchev–Trinajstić information content (AvgIpc) is 3.83. The van der Waals surface area contributed by atoms with Gasteiger partial charge < -0.3 is 13.9 Å². The highest BCUT2D eigenvalue weighted by molar-refractivity contribution is 6.10. The average molecular weight is 665 g/mol. The summed E-state index contributed by atoms with van der Waals surface area (Å²) in [5, 5.41) is 4.92. The molecule has 0 radical (unpaired) electrons. The van der Waals surface area contributed by atoms with E-state index >= 15 is 0 Å². The molecule has 5 heteroatoms. The van der Waals surface area contributed by atoms with Gasteiger partial charge in [0.25, 0.3) is 0 Å². The van der Waals surface area contributed by atoms with E-state index in [4.69, 9.17) is 14.7 Å². The summed E-state index contributed by atoms with van der Waals surface area (Å²) in [4.78, 5) is 9.98. The topological polar surface area (TPSA) is 44.9 Å². The molecule has 10 aromatic rings. The number of nitrogens with zero attached hydrogens (tertiary/aromatic N) is 4. The Balaban J connectivity index is 1.20. The van der Waals surface area contributed by atoms with Crippen molar-refractivity contribution in [3.63, 3.8) is 0 Å². The maximum atomic E-state index is 6.93. The molecule has 0 bridgehead atoms. The summed E-state index contributed by atoms with van der Waals surface area (Å²) in [7, 11) is 0. The van der Waals surface area contributed by atoms with E-state index in [1.165, 1.54) is 43.6 Å². The first-order valence-corrected chi connectivity index (χ1v) is 17.7. The number of aromatic nitrogens is 4. The Labute approximate surface area is 298 Å². The first-order chi connectivity index (χ1) is 25.8. The quantitative estimate of drug-likeness (QED) is 0.185. The maximum Gasteiger partial charge on any atom is 0.132 e. The highest BCUT2D eigenvalue weighted by Gasteiger charge is 2.52. The van der Waals surface area contributed by atoms with E-state index < -0.39 is 5.41 Å². The van der Waals surface area contributed by atoms with Crippen molar-refractivity contribution in [1.29, 1.82) is 0 Å². The van der Waals surface area contributed by atoms with E-state index in [9.17, 15) is 0 Å². The molecule has 5 heterocycles. The van der Waals surface area contributed by atoms with Gasteiger partial charge in [-0.3, -0.25) is 9.97 Å². The van der Waals surface area contributed by atoms with Crippen molar-refractivity contribution < 1.29 is 4.74 Å². The summed E-state index contributed by atoms with van der Waals surface area (Å²) >= 11 is 0. The van der Waals surface area contributed by atoms with E-state index in [1.54, 1.807) is 0 Å². The lowest BCUT2D eigenvalue weighted by atomic mass is 9.66. The van der Waals surface area contributed by atoms with Crippen LogP contribution in [0.2, 0.25) is 0 Å². The van der Waals surface area contributed by atoms with Crippen molar-refractivity contribution in [3.05, 3.63) is 192 Å². The molecule has 0 amide bonds. The maximum absolute atomic E-state index is 6.93. The van der Waals surface area contributed by atoms with Crippen LogP contribution in [0, 0.1) is 0 Å². The summed E-state index contributed by atoms with van der Waals surface area (Å²) in [6.07, 6.45) is 3.75. The molecule has 0 N–H and O–H groups in total. The lowest BCUT2D eigenvalue weighted by Crippen LogP contribution is -2.32. The Kier molecular flexibility index (Phi) is 5.37. The Morgan fingerprint density at radius 1 is 0.385 bits per heavy atom. The molecule has 2 aliphatic rings. The van der Waals surface area contributed by atoms with Gasteiger partial charge in [-0.25, -0.2) is 0 Å². The van der Waals surface area contributed by atoms with Crippen molar-refractivity contribution in [2.45, 2.75) is 5.41 Å². The third-order valence-electron chi connectivity index (χ3n) is 11.3. The highest BCUT2D eigenvalue weighted by atomic mass is 16.5. The fraction of sp³-hybridized carbons (Fsp3) is 0.0213. The van der Waals surface area contributed by atoms with E-state index in [0.29, 0.717) is 0 Å². The van der Waals surface area contributed by atoms with Crippen molar-refractivity contribution in [3.8, 4) is 34.3 Å². The van der Waals surface area contributed by atoms with Gasteiger partial charge in [-0.15, -0.1) is 0 Å². The summed E-state index contributed by atoms with van der Waals surface area (Å²) in [5.41, 5.74) is 12.2. The van der Waals surface area contributed by atoms with Gasteiger partial charge in [0, 0.05) is 56.4 Å². The van der Waals surface area contributed by atoms with Gasteiger partial charge in [-0.2, -0.15) is 0 Å². The van der Waals surface area contributed by atoms with E-state index in [0.717, 1.165) is 56.5 Å². The summed E-state index contributed by atoms with van der Waals surface area (Å²) in [6.45, 7) is 0. The number of para-hydroxylation sites is 4. The van der Waals surface area contributed by atoms with E-state index in [1.807, 2.05) is 12.4 Å². The van der Waals surface area contributed by atoms with Gasteiger partial charge in [0.05, 0.1) is 38.9 Å². The van der Waals surface area contributed by atoms with Crippen LogP contribution in [0.25, 0.3) is 66.4 Å². The molecule has 1 spiro atoms. The number of pyridine rings is 2. The number of benzene rings is 6. The van der Waals surface area contributed by atoms with Crippen LogP contribution in [-0.4, -0.2) is 19.1 Å². The molecular weight excluding hydrogens is 637 g/mol. The molecule has 5 nitrogen and oxygen atoms in total. The smallest absolute Gasteiger partial charge is 0.132 e. The SMILES string of the molecule is c1cnc2c(c1)C1(c3cc(-n4c5ccccc5c5ccccc54)ccc3Oc3ccc(-n4c5ccccc5c5ccccc54)cc31)c1cccnc1-2. The Morgan fingerprint density at radius 2 is 0.769 bits per heavy atom. The molecule has 0 unspecified atom stereocenters. The number of hydrogen-bond acceptors (Lipinski definition) is 3. The lowest BCUT2D eigenvalue weighted by molar-refractivity contribution is 0.436. The summed E-state index contributed by atoms with van der Waals surface area (Å²) in [6, 6.07) is 56.5. The fourth-order valence-corrected chi connectivity index (χ4v) is 9.26. The number of rotatable bonds is 2. The van der Waals surface area contributed by atoms with Crippen molar-refractivity contribution >= 4 is 43.6 Å². The Hall–Kier alpha value is -6.98. The van der Waals surface area contributed by atoms with Crippen LogP contribution >= 0.6 is 0 Å². The number of fused-ring (bicyclic) bond motifs is 15. The zero-order chi connectivity index (χ0) is 34.0. The zero-order valence-electron chi connectivity index (χ0n) is 27.9. The van der Waals surface area contributed by atoms with Crippen LogP contribution in [0.15, 0.2) is 170 Å². The largest absolute Gasteiger partial charge is 0.457 e. The lowest BCUT2D eigenvalue weighted by Gasteiger charge is -2.39. The zero-order valence-corrected chi connectivity index (χ0v) is 27.9. The Bertz CT molecular complexity index is 2810. The Morgan fingerprint density at radius 3 is 1.17 bits per heavy atom. The number of hydrogen-bond donors (Lipinski definition) is 0. The van der Waals surface area contributed by atoms with Gasteiger partial charge in [0.1, 0.15) is 11.5 Å². The van der Waals surface area contributed by atoms with Crippen LogP contribution in [0.4, 0.5) is 0 Å². The van der Waals surface area contributed by atoms with Gasteiger partial charge in [-0.1, -0.05) is 84.9 Å². The van der Waals surface area contributed by atoms with Gasteiger partial charge in [0.2, 0.25) is 0 Å². The monoisotopic (exact) mass is 664 g/mol. The van der Waals surface area contributed by atoms with Crippen LogP contribution in [0.3, 0.4) is 0 Å². The van der Waals surface area contributed by atoms with Gasteiger partial charge in [-0.05, 0) is 83.9 Å². The van der Waals surface area contributed by atoms with Gasteiger partial charge in [0.15, 0.2) is 0 Å². The second-order valence-electron chi connectivity index (χ2n) is 13.8. The molecule has 242 valence electrons. The predicted molar refractivity (Wildman–Crippen MR) is 208 cm³/mol. The molecule has 1 aliphatic heterocycles. The number of ether oxygens (including phenoxy) is 1. The van der Waals surface area contributed by atoms with Crippen LogP contribution in [-0.2, 0) is 5.41 Å². The minimum absolute atomic E-state index is 0.736. The minimum Gasteiger partial charge on any atom is -0.457 e. The molecule has 12 rings (SSSR count). The minimum atomic E-state index is -0.736. The first kappa shape index (κ1) is 27.8. The predicted octanol–water partition coefficient (Wildman–Crippen LogP) is 11.1. The molecular formula is C47H28N4O. The van der Waals surface area contributed by atoms with E-state index in [-0.39, 0.29) is 0 Å².